The Kier molecular flexibility index (Phi) is 3.97. The number of rotatable bonds is 4. The zero-order chi connectivity index (χ0) is 11.4. The average molecular weight is 210 g/mol. The van der Waals surface area contributed by atoms with Crippen molar-refractivity contribution >= 4 is 0 Å². The van der Waals surface area contributed by atoms with Crippen molar-refractivity contribution in [3.8, 4) is 11.5 Å². The minimum Gasteiger partial charge on any atom is -0.504 e. The van der Waals surface area contributed by atoms with Crippen LogP contribution in [0.3, 0.4) is 0 Å². The second-order valence-electron chi connectivity index (χ2n) is 3.69. The Bertz CT molecular complexity index is 334. The Hall–Kier alpha value is -1.22. The molecular formula is C12H18O3. The van der Waals surface area contributed by atoms with Gasteiger partial charge in [-0.05, 0) is 18.4 Å². The van der Waals surface area contributed by atoms with Gasteiger partial charge in [0.05, 0.1) is 6.10 Å². The number of aromatic hydroxyl groups is 2. The van der Waals surface area contributed by atoms with Gasteiger partial charge in [0, 0.05) is 5.56 Å². The number of aryl methyl sites for hydroxylation is 1. The summed E-state index contributed by atoms with van der Waals surface area (Å²) in [6.07, 6.45) is 1.43. The number of hydrogen-bond acceptors (Lipinski definition) is 3. The summed E-state index contributed by atoms with van der Waals surface area (Å²) >= 11 is 0. The normalized spacial score (nSPS) is 12.7. The fourth-order valence-electron chi connectivity index (χ4n) is 1.60. The highest BCUT2D eigenvalue weighted by atomic mass is 16.3. The first-order valence-electron chi connectivity index (χ1n) is 5.33. The van der Waals surface area contributed by atoms with Gasteiger partial charge in [0.1, 0.15) is 0 Å². The molecule has 0 fully saturated rings. The van der Waals surface area contributed by atoms with Crippen LogP contribution in [0.15, 0.2) is 12.1 Å². The van der Waals surface area contributed by atoms with E-state index in [1.54, 1.807) is 12.1 Å². The van der Waals surface area contributed by atoms with Gasteiger partial charge in [0.15, 0.2) is 11.5 Å². The Morgan fingerprint density at radius 3 is 2.33 bits per heavy atom. The van der Waals surface area contributed by atoms with Crippen LogP contribution in [0.2, 0.25) is 0 Å². The van der Waals surface area contributed by atoms with E-state index >= 15 is 0 Å². The Morgan fingerprint density at radius 1 is 1.13 bits per heavy atom. The predicted octanol–water partition coefficient (Wildman–Crippen LogP) is 2.49. The maximum Gasteiger partial charge on any atom is 0.163 e. The standard InChI is InChI=1S/C12H18O3/c1-3-5-8-6-7-9(10(13)4-2)12(15)11(8)14/h6-7,10,13-15H,3-5H2,1-2H3. The minimum absolute atomic E-state index is 0.0955. The minimum atomic E-state index is -0.716. The van der Waals surface area contributed by atoms with E-state index in [-0.39, 0.29) is 11.5 Å². The first-order valence-corrected chi connectivity index (χ1v) is 5.33. The van der Waals surface area contributed by atoms with Crippen LogP contribution >= 0.6 is 0 Å². The molecule has 0 bridgehead atoms. The quantitative estimate of drug-likeness (QED) is 0.669. The molecule has 3 nitrogen and oxygen atoms in total. The molecule has 0 radical (unpaired) electrons. The van der Waals surface area contributed by atoms with Gasteiger partial charge in [-0.3, -0.25) is 0 Å². The van der Waals surface area contributed by atoms with Crippen molar-refractivity contribution in [2.75, 3.05) is 0 Å². The van der Waals surface area contributed by atoms with Crippen molar-refractivity contribution in [2.45, 2.75) is 39.2 Å². The van der Waals surface area contributed by atoms with Gasteiger partial charge in [0.2, 0.25) is 0 Å². The highest BCUT2D eigenvalue weighted by Gasteiger charge is 2.15. The zero-order valence-corrected chi connectivity index (χ0v) is 9.20. The molecule has 0 aliphatic carbocycles. The fourth-order valence-corrected chi connectivity index (χ4v) is 1.60. The topological polar surface area (TPSA) is 60.7 Å². The van der Waals surface area contributed by atoms with Crippen molar-refractivity contribution < 1.29 is 15.3 Å². The molecule has 0 aliphatic heterocycles. The van der Waals surface area contributed by atoms with Crippen LogP contribution in [-0.2, 0) is 6.42 Å². The summed E-state index contributed by atoms with van der Waals surface area (Å²) in [6, 6.07) is 3.43. The molecule has 0 heterocycles. The van der Waals surface area contributed by atoms with Crippen molar-refractivity contribution in [2.24, 2.45) is 0 Å². The molecule has 0 amide bonds. The Balaban J connectivity index is 3.09. The molecule has 15 heavy (non-hydrogen) atoms. The summed E-state index contributed by atoms with van der Waals surface area (Å²) in [5.74, 6) is -0.280. The molecule has 1 aromatic carbocycles. The predicted molar refractivity (Wildman–Crippen MR) is 59.0 cm³/mol. The molecule has 0 spiro atoms. The van der Waals surface area contributed by atoms with E-state index in [0.717, 1.165) is 18.4 Å². The molecule has 1 atom stereocenters. The third kappa shape index (κ3) is 2.42. The molecule has 0 saturated heterocycles. The van der Waals surface area contributed by atoms with Crippen molar-refractivity contribution in [1.29, 1.82) is 0 Å². The SMILES string of the molecule is CCCc1ccc(C(O)CC)c(O)c1O. The lowest BCUT2D eigenvalue weighted by Gasteiger charge is -2.13. The molecular weight excluding hydrogens is 192 g/mol. The number of hydrogen-bond donors (Lipinski definition) is 3. The Labute approximate surface area is 90.0 Å². The van der Waals surface area contributed by atoms with Crippen molar-refractivity contribution in [3.05, 3.63) is 23.3 Å². The lowest BCUT2D eigenvalue weighted by molar-refractivity contribution is 0.169. The summed E-state index contributed by atoms with van der Waals surface area (Å²) in [6.45, 7) is 3.83. The van der Waals surface area contributed by atoms with Gasteiger partial charge in [0.25, 0.3) is 0 Å². The van der Waals surface area contributed by atoms with E-state index < -0.39 is 6.10 Å². The number of aliphatic hydroxyl groups excluding tert-OH is 1. The lowest BCUT2D eigenvalue weighted by Crippen LogP contribution is -1.97. The second kappa shape index (κ2) is 5.03. The largest absolute Gasteiger partial charge is 0.504 e. The lowest BCUT2D eigenvalue weighted by atomic mass is 10.0. The summed E-state index contributed by atoms with van der Waals surface area (Å²) in [4.78, 5) is 0. The molecule has 3 N–H and O–H groups in total. The molecule has 0 saturated carbocycles. The summed E-state index contributed by atoms with van der Waals surface area (Å²) < 4.78 is 0. The highest BCUT2D eigenvalue weighted by Crippen LogP contribution is 2.37. The summed E-state index contributed by atoms with van der Waals surface area (Å²) in [7, 11) is 0. The van der Waals surface area contributed by atoms with Gasteiger partial charge in [-0.15, -0.1) is 0 Å². The van der Waals surface area contributed by atoms with Gasteiger partial charge < -0.3 is 15.3 Å². The van der Waals surface area contributed by atoms with E-state index in [9.17, 15) is 15.3 Å². The molecule has 0 aromatic heterocycles. The van der Waals surface area contributed by atoms with Crippen LogP contribution < -0.4 is 0 Å². The van der Waals surface area contributed by atoms with Gasteiger partial charge >= 0.3 is 0 Å². The van der Waals surface area contributed by atoms with Gasteiger partial charge in [-0.1, -0.05) is 32.4 Å². The smallest absolute Gasteiger partial charge is 0.163 e. The van der Waals surface area contributed by atoms with E-state index in [1.165, 1.54) is 0 Å². The van der Waals surface area contributed by atoms with Crippen LogP contribution in [0, 0.1) is 0 Å². The van der Waals surface area contributed by atoms with Crippen LogP contribution in [-0.4, -0.2) is 15.3 Å². The number of benzene rings is 1. The molecule has 84 valence electrons. The number of phenols is 2. The maximum atomic E-state index is 9.70. The zero-order valence-electron chi connectivity index (χ0n) is 9.20. The first kappa shape index (κ1) is 11.9. The molecule has 1 aromatic rings. The second-order valence-corrected chi connectivity index (χ2v) is 3.69. The van der Waals surface area contributed by atoms with E-state index in [4.69, 9.17) is 0 Å². The fraction of sp³-hybridized carbons (Fsp3) is 0.500. The van der Waals surface area contributed by atoms with Gasteiger partial charge in [-0.25, -0.2) is 0 Å². The third-order valence-corrected chi connectivity index (χ3v) is 2.53. The first-order chi connectivity index (χ1) is 7.11. The molecule has 1 rings (SSSR count). The Morgan fingerprint density at radius 2 is 1.80 bits per heavy atom. The molecule has 1 unspecified atom stereocenters. The van der Waals surface area contributed by atoms with Crippen molar-refractivity contribution in [1.82, 2.24) is 0 Å². The monoisotopic (exact) mass is 210 g/mol. The van der Waals surface area contributed by atoms with Crippen LogP contribution in [0.25, 0.3) is 0 Å². The maximum absolute atomic E-state index is 9.70. The average Bonchev–Trinajstić information content (AvgIpc) is 2.24. The van der Waals surface area contributed by atoms with Gasteiger partial charge in [-0.2, -0.15) is 0 Å². The molecule has 0 aliphatic rings. The van der Waals surface area contributed by atoms with Crippen LogP contribution in [0.1, 0.15) is 43.9 Å². The third-order valence-electron chi connectivity index (χ3n) is 2.53. The summed E-state index contributed by atoms with van der Waals surface area (Å²) in [5, 5.41) is 29.0. The molecule has 3 heteroatoms. The van der Waals surface area contributed by atoms with E-state index in [2.05, 4.69) is 0 Å². The summed E-state index contributed by atoms with van der Waals surface area (Å²) in [5.41, 5.74) is 1.12. The number of phenolic OH excluding ortho intramolecular Hbond substituents is 2. The van der Waals surface area contributed by atoms with E-state index in [0.29, 0.717) is 12.0 Å². The van der Waals surface area contributed by atoms with E-state index in [1.807, 2.05) is 13.8 Å². The van der Waals surface area contributed by atoms with Crippen LogP contribution in [0.4, 0.5) is 0 Å². The van der Waals surface area contributed by atoms with Crippen molar-refractivity contribution in [3.63, 3.8) is 0 Å². The van der Waals surface area contributed by atoms with Crippen LogP contribution in [0.5, 0.6) is 11.5 Å². The highest BCUT2D eigenvalue weighted by molar-refractivity contribution is 5.50. The number of aliphatic hydroxyl groups is 1.